The van der Waals surface area contributed by atoms with Gasteiger partial charge < -0.3 is 15.0 Å². The molecule has 0 atom stereocenters. The van der Waals surface area contributed by atoms with Crippen LogP contribution in [0, 0.1) is 0 Å². The minimum Gasteiger partial charge on any atom is -0.478 e. The number of sulfonamides is 1. The number of hydrogen-bond donors (Lipinski definition) is 3. The summed E-state index contributed by atoms with van der Waals surface area (Å²) in [6.45, 7) is 2.57. The Bertz CT molecular complexity index is 1450. The summed E-state index contributed by atoms with van der Waals surface area (Å²) < 4.78 is 28.5. The number of hydrogen-bond acceptors (Lipinski definition) is 5. The van der Waals surface area contributed by atoms with Gasteiger partial charge in [0.1, 0.15) is 4.90 Å². The summed E-state index contributed by atoms with van der Waals surface area (Å²) in [5.74, 6) is -0.651. The quantitative estimate of drug-likeness (QED) is 0.374. The molecule has 0 saturated carbocycles. The molecule has 0 amide bonds. The molecule has 1 fully saturated rings. The van der Waals surface area contributed by atoms with E-state index in [4.69, 9.17) is 0 Å². The molecule has 0 spiro atoms. The first-order chi connectivity index (χ1) is 16.4. The second kappa shape index (κ2) is 9.17. The fraction of sp³-hybridized carbons (Fsp3) is 0.280. The number of carboxylic acids is 1. The van der Waals surface area contributed by atoms with Crippen LogP contribution < -0.4 is 4.72 Å². The normalized spacial score (nSPS) is 15.8. The average molecular weight is 479 g/mol. The van der Waals surface area contributed by atoms with Gasteiger partial charge in [0.25, 0.3) is 0 Å². The van der Waals surface area contributed by atoms with Crippen LogP contribution in [-0.4, -0.2) is 60.5 Å². The Balaban J connectivity index is 1.21. The Kier molecular flexibility index (Phi) is 6.07. The molecular weight excluding hydrogens is 452 g/mol. The predicted octanol–water partition coefficient (Wildman–Crippen LogP) is 3.57. The van der Waals surface area contributed by atoms with Crippen LogP contribution in [0.3, 0.4) is 0 Å². The first-order valence-electron chi connectivity index (χ1n) is 11.3. The van der Waals surface area contributed by atoms with Gasteiger partial charge in [-0.05, 0) is 61.7 Å². The number of H-pyrrole nitrogens is 1. The standard InChI is InChI=1S/C25H26N4O4S/c30-25(31)19-6-2-7-21-23(19)20(16-27-21)17-9-13-29(14-10-17)15-12-28-34(32,33)22-8-1-4-18-5-3-11-26-24(18)22/h1-8,11,16-17,27-28H,9-10,12-15H2,(H,30,31). The number of aromatic amines is 1. The largest absolute Gasteiger partial charge is 0.478 e. The molecular formula is C25H26N4O4S. The highest BCUT2D eigenvalue weighted by Gasteiger charge is 2.25. The molecule has 34 heavy (non-hydrogen) atoms. The zero-order chi connectivity index (χ0) is 23.7. The number of nitrogens with one attached hydrogen (secondary N) is 2. The van der Waals surface area contributed by atoms with Gasteiger partial charge in [0, 0.05) is 41.8 Å². The van der Waals surface area contributed by atoms with Crippen LogP contribution in [-0.2, 0) is 10.0 Å². The van der Waals surface area contributed by atoms with Gasteiger partial charge in [0.2, 0.25) is 10.0 Å². The van der Waals surface area contributed by atoms with E-state index in [1.807, 2.05) is 24.4 Å². The first-order valence-corrected chi connectivity index (χ1v) is 12.8. The van der Waals surface area contributed by atoms with Crippen molar-refractivity contribution in [2.24, 2.45) is 0 Å². The maximum atomic E-state index is 12.9. The number of piperidine rings is 1. The van der Waals surface area contributed by atoms with Crippen molar-refractivity contribution in [2.45, 2.75) is 23.7 Å². The smallest absolute Gasteiger partial charge is 0.336 e. The lowest BCUT2D eigenvalue weighted by Crippen LogP contribution is -2.39. The van der Waals surface area contributed by atoms with Crippen molar-refractivity contribution in [1.29, 1.82) is 0 Å². The van der Waals surface area contributed by atoms with Crippen LogP contribution in [0.2, 0.25) is 0 Å². The Hall–Kier alpha value is -3.27. The summed E-state index contributed by atoms with van der Waals surface area (Å²) >= 11 is 0. The number of carbonyl (C=O) groups is 1. The molecule has 4 aromatic rings. The molecule has 3 N–H and O–H groups in total. The van der Waals surface area contributed by atoms with Crippen molar-refractivity contribution in [2.75, 3.05) is 26.2 Å². The van der Waals surface area contributed by atoms with E-state index < -0.39 is 16.0 Å². The summed E-state index contributed by atoms with van der Waals surface area (Å²) in [5, 5.41) is 11.2. The molecule has 0 aliphatic carbocycles. The van der Waals surface area contributed by atoms with Crippen LogP contribution in [0.1, 0.15) is 34.7 Å². The number of aromatic nitrogens is 2. The van der Waals surface area contributed by atoms with Crippen molar-refractivity contribution in [1.82, 2.24) is 19.6 Å². The lowest BCUT2D eigenvalue weighted by molar-refractivity contribution is 0.0699. The molecule has 5 rings (SSSR count). The molecule has 3 heterocycles. The Labute approximate surface area is 197 Å². The zero-order valence-electron chi connectivity index (χ0n) is 18.6. The van der Waals surface area contributed by atoms with E-state index in [0.29, 0.717) is 24.2 Å². The number of aromatic carboxylic acids is 1. The number of likely N-dealkylation sites (tertiary alicyclic amines) is 1. The molecule has 0 bridgehead atoms. The van der Waals surface area contributed by atoms with Gasteiger partial charge in [-0.2, -0.15) is 0 Å². The van der Waals surface area contributed by atoms with Gasteiger partial charge >= 0.3 is 5.97 Å². The van der Waals surface area contributed by atoms with E-state index in [9.17, 15) is 18.3 Å². The number of benzene rings is 2. The van der Waals surface area contributed by atoms with Crippen LogP contribution in [0.4, 0.5) is 0 Å². The Morgan fingerprint density at radius 3 is 2.68 bits per heavy atom. The number of pyridine rings is 1. The Morgan fingerprint density at radius 1 is 1.12 bits per heavy atom. The highest BCUT2D eigenvalue weighted by Crippen LogP contribution is 2.34. The lowest BCUT2D eigenvalue weighted by atomic mass is 9.88. The summed E-state index contributed by atoms with van der Waals surface area (Å²) in [6, 6.07) is 14.1. The van der Waals surface area contributed by atoms with E-state index >= 15 is 0 Å². The van der Waals surface area contributed by atoms with Crippen LogP contribution in [0.5, 0.6) is 0 Å². The predicted molar refractivity (Wildman–Crippen MR) is 131 cm³/mol. The highest BCUT2D eigenvalue weighted by atomic mass is 32.2. The highest BCUT2D eigenvalue weighted by molar-refractivity contribution is 7.89. The SMILES string of the molecule is O=C(O)c1cccc2[nH]cc(C3CCN(CCNS(=O)(=O)c4cccc5cccnc45)CC3)c12. The molecule has 9 heteroatoms. The van der Waals surface area contributed by atoms with Gasteiger partial charge in [0.05, 0.1) is 11.1 Å². The average Bonchev–Trinajstić information content (AvgIpc) is 3.28. The summed E-state index contributed by atoms with van der Waals surface area (Å²) in [6.07, 6.45) is 5.31. The third-order valence-corrected chi connectivity index (χ3v) is 8.09. The van der Waals surface area contributed by atoms with Crippen LogP contribution >= 0.6 is 0 Å². The molecule has 1 saturated heterocycles. The van der Waals surface area contributed by atoms with Gasteiger partial charge in [0.15, 0.2) is 0 Å². The maximum absolute atomic E-state index is 12.9. The minimum atomic E-state index is -3.67. The molecule has 1 aliphatic rings. The lowest BCUT2D eigenvalue weighted by Gasteiger charge is -2.32. The Morgan fingerprint density at radius 2 is 1.88 bits per heavy atom. The van der Waals surface area contributed by atoms with Gasteiger partial charge in [-0.3, -0.25) is 4.98 Å². The number of para-hydroxylation sites is 1. The van der Waals surface area contributed by atoms with Crippen molar-refractivity contribution >= 4 is 37.8 Å². The molecule has 176 valence electrons. The second-order valence-electron chi connectivity index (χ2n) is 8.62. The maximum Gasteiger partial charge on any atom is 0.336 e. The monoisotopic (exact) mass is 478 g/mol. The fourth-order valence-electron chi connectivity index (χ4n) is 4.89. The number of carboxylic acid groups (broad SMARTS) is 1. The van der Waals surface area contributed by atoms with E-state index in [2.05, 4.69) is 19.6 Å². The summed E-state index contributed by atoms with van der Waals surface area (Å²) in [7, 11) is -3.67. The van der Waals surface area contributed by atoms with Gasteiger partial charge in [-0.25, -0.2) is 17.9 Å². The molecule has 2 aromatic carbocycles. The first kappa shape index (κ1) is 22.5. The fourth-order valence-corrected chi connectivity index (χ4v) is 6.09. The number of rotatable bonds is 7. The van der Waals surface area contributed by atoms with Gasteiger partial charge in [-0.15, -0.1) is 0 Å². The molecule has 8 nitrogen and oxygen atoms in total. The molecule has 2 aromatic heterocycles. The van der Waals surface area contributed by atoms with Crippen molar-refractivity contribution < 1.29 is 18.3 Å². The molecule has 0 unspecified atom stereocenters. The number of nitrogens with zero attached hydrogens (tertiary/aromatic N) is 2. The third kappa shape index (κ3) is 4.29. The molecule has 0 radical (unpaired) electrons. The van der Waals surface area contributed by atoms with E-state index in [1.165, 1.54) is 0 Å². The topological polar surface area (TPSA) is 115 Å². The van der Waals surface area contributed by atoms with E-state index in [0.717, 1.165) is 47.8 Å². The van der Waals surface area contributed by atoms with Gasteiger partial charge in [-0.1, -0.05) is 24.3 Å². The summed E-state index contributed by atoms with van der Waals surface area (Å²) in [4.78, 5) is 21.6. The van der Waals surface area contributed by atoms with Crippen LogP contribution in [0.25, 0.3) is 21.8 Å². The summed E-state index contributed by atoms with van der Waals surface area (Å²) in [5.41, 5.74) is 2.69. The molecule has 1 aliphatic heterocycles. The number of fused-ring (bicyclic) bond motifs is 2. The van der Waals surface area contributed by atoms with Crippen LogP contribution in [0.15, 0.2) is 65.8 Å². The van der Waals surface area contributed by atoms with Crippen molar-refractivity contribution in [3.63, 3.8) is 0 Å². The minimum absolute atomic E-state index is 0.192. The zero-order valence-corrected chi connectivity index (χ0v) is 19.4. The van der Waals surface area contributed by atoms with Crippen molar-refractivity contribution in [3.05, 3.63) is 72.1 Å². The third-order valence-electron chi connectivity index (χ3n) is 6.60. The van der Waals surface area contributed by atoms with Crippen molar-refractivity contribution in [3.8, 4) is 0 Å². The van der Waals surface area contributed by atoms with E-state index in [1.54, 1.807) is 36.5 Å². The van der Waals surface area contributed by atoms with E-state index in [-0.39, 0.29) is 10.8 Å². The second-order valence-corrected chi connectivity index (χ2v) is 10.4.